The predicted molar refractivity (Wildman–Crippen MR) is 81.6 cm³/mol. The van der Waals surface area contributed by atoms with Crippen LogP contribution in [0, 0.1) is 17.7 Å². The topological polar surface area (TPSA) is 12.0 Å². The highest BCUT2D eigenvalue weighted by Gasteiger charge is 2.28. The van der Waals surface area contributed by atoms with Gasteiger partial charge in [0.05, 0.1) is 0 Å². The molecule has 0 bridgehead atoms. The van der Waals surface area contributed by atoms with Crippen LogP contribution in [0.3, 0.4) is 0 Å². The molecule has 19 heavy (non-hydrogen) atoms. The molecule has 0 aromatic heterocycles. The summed E-state index contributed by atoms with van der Waals surface area (Å²) in [4.78, 5) is 0. The van der Waals surface area contributed by atoms with Crippen LogP contribution in [0.25, 0.3) is 0 Å². The quantitative estimate of drug-likeness (QED) is 0.814. The summed E-state index contributed by atoms with van der Waals surface area (Å²) in [5, 5.41) is 3.44. The first-order valence-electron chi connectivity index (χ1n) is 7.28. The molecule has 3 atom stereocenters. The van der Waals surface area contributed by atoms with E-state index in [9.17, 15) is 4.39 Å². The fraction of sp³-hybridized carbons (Fsp3) is 0.625. The van der Waals surface area contributed by atoms with Crippen LogP contribution in [0.5, 0.6) is 0 Å². The van der Waals surface area contributed by atoms with Gasteiger partial charge >= 0.3 is 0 Å². The molecule has 2 rings (SSSR count). The molecular weight excluding hydrogens is 305 g/mol. The maximum Gasteiger partial charge on any atom is 0.124 e. The summed E-state index contributed by atoms with van der Waals surface area (Å²) in [6.45, 7) is 2.29. The first kappa shape index (κ1) is 15.0. The Morgan fingerprint density at radius 1 is 1.42 bits per heavy atom. The largest absolute Gasteiger partial charge is 0.313 e. The van der Waals surface area contributed by atoms with E-state index < -0.39 is 0 Å². The molecule has 0 spiro atoms. The molecule has 1 aliphatic rings. The third-order valence-electron chi connectivity index (χ3n) is 4.48. The van der Waals surface area contributed by atoms with E-state index in [1.54, 1.807) is 12.1 Å². The van der Waals surface area contributed by atoms with Crippen molar-refractivity contribution in [2.45, 2.75) is 45.1 Å². The van der Waals surface area contributed by atoms with E-state index in [1.807, 2.05) is 13.1 Å². The van der Waals surface area contributed by atoms with Crippen molar-refractivity contribution in [3.05, 3.63) is 34.1 Å². The van der Waals surface area contributed by atoms with Crippen molar-refractivity contribution in [3.63, 3.8) is 0 Å². The number of halogens is 2. The van der Waals surface area contributed by atoms with Gasteiger partial charge in [-0.3, -0.25) is 0 Å². The van der Waals surface area contributed by atoms with E-state index in [0.29, 0.717) is 12.0 Å². The van der Waals surface area contributed by atoms with Gasteiger partial charge in [0.2, 0.25) is 0 Å². The Kier molecular flexibility index (Phi) is 5.40. The van der Waals surface area contributed by atoms with Crippen LogP contribution in [0.1, 0.15) is 50.6 Å². The van der Waals surface area contributed by atoms with E-state index in [4.69, 9.17) is 0 Å². The van der Waals surface area contributed by atoms with Crippen LogP contribution in [0.2, 0.25) is 0 Å². The van der Waals surface area contributed by atoms with Crippen LogP contribution < -0.4 is 5.32 Å². The molecule has 0 amide bonds. The number of rotatable bonds is 4. The molecule has 1 aromatic rings. The van der Waals surface area contributed by atoms with Crippen molar-refractivity contribution < 1.29 is 4.39 Å². The third-order valence-corrected chi connectivity index (χ3v) is 5.17. The van der Waals surface area contributed by atoms with Gasteiger partial charge in [0, 0.05) is 10.5 Å². The summed E-state index contributed by atoms with van der Waals surface area (Å²) in [5.41, 5.74) is 1.19. The lowest BCUT2D eigenvalue weighted by Gasteiger charge is -2.35. The normalized spacial score (nSPS) is 25.3. The molecule has 1 N–H and O–H groups in total. The lowest BCUT2D eigenvalue weighted by Crippen LogP contribution is -2.29. The highest BCUT2D eigenvalue weighted by Crippen LogP contribution is 2.40. The summed E-state index contributed by atoms with van der Waals surface area (Å²) >= 11 is 3.51. The lowest BCUT2D eigenvalue weighted by atomic mass is 9.75. The molecule has 0 radical (unpaired) electrons. The van der Waals surface area contributed by atoms with Crippen molar-refractivity contribution >= 4 is 15.9 Å². The molecule has 106 valence electrons. The highest BCUT2D eigenvalue weighted by atomic mass is 79.9. The smallest absolute Gasteiger partial charge is 0.124 e. The number of nitrogens with one attached hydrogen (secondary N) is 1. The first-order chi connectivity index (χ1) is 9.15. The molecule has 0 saturated heterocycles. The van der Waals surface area contributed by atoms with Crippen LogP contribution in [-0.4, -0.2) is 7.05 Å². The summed E-state index contributed by atoms with van der Waals surface area (Å²) < 4.78 is 14.1. The number of hydrogen-bond acceptors (Lipinski definition) is 1. The molecule has 3 heteroatoms. The Morgan fingerprint density at radius 3 is 2.84 bits per heavy atom. The van der Waals surface area contributed by atoms with E-state index in [1.165, 1.54) is 37.7 Å². The lowest BCUT2D eigenvalue weighted by molar-refractivity contribution is 0.214. The summed E-state index contributed by atoms with van der Waals surface area (Å²) in [5.74, 6) is 1.33. The summed E-state index contributed by atoms with van der Waals surface area (Å²) in [7, 11) is 2.01. The highest BCUT2D eigenvalue weighted by molar-refractivity contribution is 9.10. The Labute approximate surface area is 124 Å². The number of hydrogen-bond donors (Lipinski definition) is 1. The van der Waals surface area contributed by atoms with Crippen molar-refractivity contribution in [2.75, 3.05) is 7.05 Å². The molecule has 3 unspecified atom stereocenters. The monoisotopic (exact) mass is 327 g/mol. The average Bonchev–Trinajstić information content (AvgIpc) is 2.42. The number of benzene rings is 1. The van der Waals surface area contributed by atoms with Crippen LogP contribution in [-0.2, 0) is 0 Å². The van der Waals surface area contributed by atoms with Gasteiger partial charge in [-0.1, -0.05) is 48.2 Å². The molecule has 1 fully saturated rings. The van der Waals surface area contributed by atoms with E-state index in [-0.39, 0.29) is 5.82 Å². The Balaban J connectivity index is 2.19. The van der Waals surface area contributed by atoms with Crippen LogP contribution in [0.4, 0.5) is 4.39 Å². The van der Waals surface area contributed by atoms with Gasteiger partial charge in [-0.2, -0.15) is 0 Å². The van der Waals surface area contributed by atoms with E-state index in [2.05, 4.69) is 28.2 Å². The summed E-state index contributed by atoms with van der Waals surface area (Å²) in [6.07, 6.45) is 6.52. The van der Waals surface area contributed by atoms with Crippen molar-refractivity contribution in [1.82, 2.24) is 5.32 Å². The second-order valence-corrected chi connectivity index (χ2v) is 6.49. The van der Waals surface area contributed by atoms with Gasteiger partial charge in [-0.15, -0.1) is 0 Å². The predicted octanol–water partition coefficient (Wildman–Crippen LogP) is 5.07. The average molecular weight is 328 g/mol. The Morgan fingerprint density at radius 2 is 2.21 bits per heavy atom. The fourth-order valence-electron chi connectivity index (χ4n) is 3.40. The van der Waals surface area contributed by atoms with Crippen molar-refractivity contribution in [3.8, 4) is 0 Å². The zero-order valence-corrected chi connectivity index (χ0v) is 13.3. The molecule has 0 heterocycles. The van der Waals surface area contributed by atoms with E-state index >= 15 is 0 Å². The van der Waals surface area contributed by atoms with Gasteiger partial charge in [0.25, 0.3) is 0 Å². The molecule has 1 aliphatic carbocycles. The molecule has 1 aromatic carbocycles. The second kappa shape index (κ2) is 6.85. The Hall–Kier alpha value is -0.410. The van der Waals surface area contributed by atoms with Crippen molar-refractivity contribution in [1.29, 1.82) is 0 Å². The SMILES string of the molecule is CCC1CCCC(C(NC)c2ccc(F)cc2Br)C1. The maximum atomic E-state index is 13.2. The van der Waals surface area contributed by atoms with Gasteiger partial charge in [-0.05, 0) is 49.4 Å². The molecule has 1 saturated carbocycles. The Bertz CT molecular complexity index is 421. The molecular formula is C16H23BrFN. The zero-order valence-electron chi connectivity index (χ0n) is 11.8. The fourth-order valence-corrected chi connectivity index (χ4v) is 4.00. The molecule has 0 aliphatic heterocycles. The minimum atomic E-state index is -0.180. The van der Waals surface area contributed by atoms with Crippen LogP contribution in [0.15, 0.2) is 22.7 Å². The van der Waals surface area contributed by atoms with Crippen LogP contribution >= 0.6 is 15.9 Å². The van der Waals surface area contributed by atoms with Gasteiger partial charge in [0.1, 0.15) is 5.82 Å². The minimum Gasteiger partial charge on any atom is -0.313 e. The van der Waals surface area contributed by atoms with Gasteiger partial charge < -0.3 is 5.32 Å². The maximum absolute atomic E-state index is 13.2. The molecule has 1 nitrogen and oxygen atoms in total. The third kappa shape index (κ3) is 3.57. The summed E-state index contributed by atoms with van der Waals surface area (Å²) in [6, 6.07) is 5.37. The van der Waals surface area contributed by atoms with Gasteiger partial charge in [-0.25, -0.2) is 4.39 Å². The minimum absolute atomic E-state index is 0.180. The van der Waals surface area contributed by atoms with E-state index in [0.717, 1.165) is 10.4 Å². The van der Waals surface area contributed by atoms with Gasteiger partial charge in [0.15, 0.2) is 0 Å². The first-order valence-corrected chi connectivity index (χ1v) is 8.07. The van der Waals surface area contributed by atoms with Crippen molar-refractivity contribution in [2.24, 2.45) is 11.8 Å². The standard InChI is InChI=1S/C16H23BrFN/c1-3-11-5-4-6-12(9-11)16(19-2)14-8-7-13(18)10-15(14)17/h7-8,10-12,16,19H,3-6,9H2,1-2H3. The zero-order chi connectivity index (χ0) is 13.8. The second-order valence-electron chi connectivity index (χ2n) is 5.63.